The molecule has 1 aromatic carbocycles. The van der Waals surface area contributed by atoms with Crippen LogP contribution in [0.5, 0.6) is 5.75 Å². The zero-order chi connectivity index (χ0) is 13.7. The van der Waals surface area contributed by atoms with Crippen LogP contribution in [0.1, 0.15) is 24.6 Å². The molecule has 3 nitrogen and oxygen atoms in total. The zero-order valence-electron chi connectivity index (χ0n) is 11.3. The Balaban J connectivity index is 2.22. The van der Waals surface area contributed by atoms with Crippen LogP contribution in [0.4, 0.5) is 0 Å². The predicted molar refractivity (Wildman–Crippen MR) is 75.1 cm³/mol. The molecule has 0 fully saturated rings. The molecule has 0 saturated heterocycles. The highest BCUT2D eigenvalue weighted by Crippen LogP contribution is 2.28. The highest BCUT2D eigenvalue weighted by atomic mass is 16.5. The summed E-state index contributed by atoms with van der Waals surface area (Å²) < 4.78 is 5.14. The summed E-state index contributed by atoms with van der Waals surface area (Å²) in [4.78, 5) is 4.28. The van der Waals surface area contributed by atoms with Crippen molar-refractivity contribution >= 4 is 0 Å². The smallest absolute Gasteiger partial charge is 0.118 e. The Hall–Kier alpha value is -1.87. The molecule has 0 radical (unpaired) electrons. The first-order valence-corrected chi connectivity index (χ1v) is 6.45. The van der Waals surface area contributed by atoms with Crippen molar-refractivity contribution in [3.8, 4) is 5.75 Å². The average Bonchev–Trinajstić information content (AvgIpc) is 2.49. The van der Waals surface area contributed by atoms with Gasteiger partial charge in [-0.15, -0.1) is 0 Å². The van der Waals surface area contributed by atoms with E-state index in [1.165, 1.54) is 0 Å². The Morgan fingerprint density at radius 1 is 1.16 bits per heavy atom. The van der Waals surface area contributed by atoms with E-state index in [4.69, 9.17) is 4.74 Å². The van der Waals surface area contributed by atoms with Crippen molar-refractivity contribution in [3.05, 3.63) is 59.9 Å². The lowest BCUT2D eigenvalue weighted by Gasteiger charge is -2.26. The minimum Gasteiger partial charge on any atom is -0.497 e. The highest BCUT2D eigenvalue weighted by molar-refractivity contribution is 5.29. The van der Waals surface area contributed by atoms with Crippen LogP contribution >= 0.6 is 0 Å². The second-order valence-corrected chi connectivity index (χ2v) is 4.62. The summed E-state index contributed by atoms with van der Waals surface area (Å²) >= 11 is 0. The maximum atomic E-state index is 10.8. The Morgan fingerprint density at radius 2 is 1.89 bits per heavy atom. The van der Waals surface area contributed by atoms with Gasteiger partial charge in [-0.2, -0.15) is 0 Å². The second-order valence-electron chi connectivity index (χ2n) is 4.62. The summed E-state index contributed by atoms with van der Waals surface area (Å²) in [5.74, 6) is 0.821. The molecule has 0 aliphatic heterocycles. The molecule has 0 amide bonds. The number of hydrogen-bond donors (Lipinski definition) is 1. The molecule has 100 valence electrons. The number of aliphatic hydroxyl groups is 1. The molecule has 2 rings (SSSR count). The van der Waals surface area contributed by atoms with Crippen LogP contribution in [0.3, 0.4) is 0 Å². The van der Waals surface area contributed by atoms with Crippen molar-refractivity contribution in [2.24, 2.45) is 0 Å². The van der Waals surface area contributed by atoms with Crippen molar-refractivity contribution in [3.63, 3.8) is 0 Å². The molecule has 0 bridgehead atoms. The van der Waals surface area contributed by atoms with Gasteiger partial charge in [0.25, 0.3) is 0 Å². The molecule has 0 spiro atoms. The second kappa shape index (κ2) is 5.85. The SMILES string of the molecule is CC[C@@](O)(Cc1ccc(OC)cc1)c1ccccn1. The van der Waals surface area contributed by atoms with Crippen molar-refractivity contribution in [2.45, 2.75) is 25.4 Å². The molecule has 1 heterocycles. The van der Waals surface area contributed by atoms with Gasteiger partial charge in [0, 0.05) is 12.6 Å². The van der Waals surface area contributed by atoms with Crippen LogP contribution in [-0.4, -0.2) is 17.2 Å². The van der Waals surface area contributed by atoms with Crippen LogP contribution in [0, 0.1) is 0 Å². The van der Waals surface area contributed by atoms with Gasteiger partial charge in [-0.25, -0.2) is 0 Å². The maximum Gasteiger partial charge on any atom is 0.118 e. The van der Waals surface area contributed by atoms with Gasteiger partial charge in [-0.05, 0) is 36.2 Å². The fourth-order valence-corrected chi connectivity index (χ4v) is 2.12. The fraction of sp³-hybridized carbons (Fsp3) is 0.312. The average molecular weight is 257 g/mol. The predicted octanol–water partition coefficient (Wildman–Crippen LogP) is 2.93. The maximum absolute atomic E-state index is 10.8. The van der Waals surface area contributed by atoms with Crippen molar-refractivity contribution in [1.29, 1.82) is 0 Å². The van der Waals surface area contributed by atoms with Gasteiger partial charge in [-0.3, -0.25) is 4.98 Å². The summed E-state index contributed by atoms with van der Waals surface area (Å²) in [7, 11) is 1.64. The van der Waals surface area contributed by atoms with E-state index in [9.17, 15) is 5.11 Å². The summed E-state index contributed by atoms with van der Waals surface area (Å²) in [6, 6.07) is 13.4. The third-order valence-corrected chi connectivity index (χ3v) is 3.38. The first-order valence-electron chi connectivity index (χ1n) is 6.45. The Morgan fingerprint density at radius 3 is 2.42 bits per heavy atom. The van der Waals surface area contributed by atoms with E-state index < -0.39 is 5.60 Å². The largest absolute Gasteiger partial charge is 0.497 e. The fourth-order valence-electron chi connectivity index (χ4n) is 2.12. The number of aromatic nitrogens is 1. The van der Waals surface area contributed by atoms with Crippen molar-refractivity contribution in [2.75, 3.05) is 7.11 Å². The van der Waals surface area contributed by atoms with E-state index in [0.717, 1.165) is 11.3 Å². The topological polar surface area (TPSA) is 42.4 Å². The van der Waals surface area contributed by atoms with E-state index >= 15 is 0 Å². The Labute approximate surface area is 113 Å². The molecule has 1 N–H and O–H groups in total. The third-order valence-electron chi connectivity index (χ3n) is 3.38. The number of pyridine rings is 1. The van der Waals surface area contributed by atoms with Crippen molar-refractivity contribution in [1.82, 2.24) is 4.98 Å². The number of ether oxygens (including phenoxy) is 1. The molecule has 0 aliphatic rings. The van der Waals surface area contributed by atoms with Gasteiger partial charge in [-0.1, -0.05) is 25.1 Å². The minimum absolute atomic E-state index is 0.546. The lowest BCUT2D eigenvalue weighted by atomic mass is 9.88. The third kappa shape index (κ3) is 3.12. The van der Waals surface area contributed by atoms with E-state index in [2.05, 4.69) is 4.98 Å². The van der Waals surface area contributed by atoms with Gasteiger partial charge >= 0.3 is 0 Å². The van der Waals surface area contributed by atoms with Crippen LogP contribution in [0.2, 0.25) is 0 Å². The molecular formula is C16H19NO2. The van der Waals surface area contributed by atoms with Crippen molar-refractivity contribution < 1.29 is 9.84 Å². The first kappa shape index (κ1) is 13.6. The van der Waals surface area contributed by atoms with Crippen LogP contribution in [-0.2, 0) is 12.0 Å². The standard InChI is InChI=1S/C16H19NO2/c1-3-16(18,15-6-4-5-11-17-15)12-13-7-9-14(19-2)10-8-13/h4-11,18H,3,12H2,1-2H3/t16-/m1/s1. The van der Waals surface area contributed by atoms with Gasteiger partial charge in [0.2, 0.25) is 0 Å². The van der Waals surface area contributed by atoms with E-state index in [1.54, 1.807) is 13.3 Å². The summed E-state index contributed by atoms with van der Waals surface area (Å²) in [6.07, 6.45) is 2.88. The molecule has 1 atom stereocenters. The summed E-state index contributed by atoms with van der Waals surface area (Å²) in [5, 5.41) is 10.8. The molecule has 0 aliphatic carbocycles. The lowest BCUT2D eigenvalue weighted by molar-refractivity contribution is 0.0283. The Kier molecular flexibility index (Phi) is 4.17. The highest BCUT2D eigenvalue weighted by Gasteiger charge is 2.28. The molecule has 19 heavy (non-hydrogen) atoms. The number of methoxy groups -OCH3 is 1. The molecule has 0 unspecified atom stereocenters. The van der Waals surface area contributed by atoms with Gasteiger partial charge in [0.1, 0.15) is 11.4 Å². The molecule has 1 aromatic heterocycles. The van der Waals surface area contributed by atoms with Gasteiger partial charge in [0.15, 0.2) is 0 Å². The number of nitrogens with zero attached hydrogens (tertiary/aromatic N) is 1. The molecule has 3 heteroatoms. The van der Waals surface area contributed by atoms with Crippen LogP contribution in [0.25, 0.3) is 0 Å². The first-order chi connectivity index (χ1) is 9.18. The number of rotatable bonds is 5. The molecule has 0 saturated carbocycles. The van der Waals surface area contributed by atoms with E-state index in [-0.39, 0.29) is 0 Å². The molecule has 2 aromatic rings. The monoisotopic (exact) mass is 257 g/mol. The lowest BCUT2D eigenvalue weighted by Crippen LogP contribution is -2.28. The zero-order valence-corrected chi connectivity index (χ0v) is 11.3. The quantitative estimate of drug-likeness (QED) is 0.895. The van der Waals surface area contributed by atoms with Crippen LogP contribution < -0.4 is 4.74 Å². The Bertz CT molecular complexity index is 510. The molecular weight excluding hydrogens is 238 g/mol. The van der Waals surface area contributed by atoms with Crippen LogP contribution in [0.15, 0.2) is 48.7 Å². The summed E-state index contributed by atoms with van der Waals surface area (Å²) in [5.41, 5.74) is 0.861. The number of hydrogen-bond acceptors (Lipinski definition) is 3. The summed E-state index contributed by atoms with van der Waals surface area (Å²) in [6.45, 7) is 1.97. The normalized spacial score (nSPS) is 13.8. The van der Waals surface area contributed by atoms with E-state index in [1.807, 2.05) is 49.4 Å². The van der Waals surface area contributed by atoms with Gasteiger partial charge in [0.05, 0.1) is 12.8 Å². The number of benzene rings is 1. The van der Waals surface area contributed by atoms with Gasteiger partial charge < -0.3 is 9.84 Å². The van der Waals surface area contributed by atoms with E-state index in [0.29, 0.717) is 18.5 Å². The minimum atomic E-state index is -0.921.